The summed E-state index contributed by atoms with van der Waals surface area (Å²) in [5.74, 6) is 1.02. The van der Waals surface area contributed by atoms with E-state index in [1.807, 2.05) is 11.3 Å². The topological polar surface area (TPSA) is 68.8 Å². The first-order chi connectivity index (χ1) is 12.2. The number of amides is 1. The first-order valence-electron chi connectivity index (χ1n) is 9.29. The maximum absolute atomic E-state index is 11.7. The van der Waals surface area contributed by atoms with Gasteiger partial charge < -0.3 is 20.9 Å². The second-order valence-corrected chi connectivity index (χ2v) is 7.73. The number of hydrogen-bond acceptors (Lipinski definition) is 4. The molecule has 2 aliphatic rings. The van der Waals surface area contributed by atoms with E-state index in [9.17, 15) is 4.79 Å². The number of rotatable bonds is 7. The van der Waals surface area contributed by atoms with E-state index in [-0.39, 0.29) is 5.91 Å². The second-order valence-electron chi connectivity index (χ2n) is 6.80. The van der Waals surface area contributed by atoms with Gasteiger partial charge in [-0.3, -0.25) is 9.79 Å². The predicted molar refractivity (Wildman–Crippen MR) is 104 cm³/mol. The number of carbonyl (C=O) groups excluding carboxylic acids is 1. The van der Waals surface area contributed by atoms with Crippen LogP contribution >= 0.6 is 11.3 Å². The molecule has 3 N–H and O–H groups in total. The number of carbonyl (C=O) groups is 1. The second kappa shape index (κ2) is 9.08. The molecular formula is C18H29N5OS. The monoisotopic (exact) mass is 363 g/mol. The highest BCUT2D eigenvalue weighted by molar-refractivity contribution is 7.14. The van der Waals surface area contributed by atoms with Crippen molar-refractivity contribution in [1.82, 2.24) is 16.0 Å². The fourth-order valence-electron chi connectivity index (χ4n) is 3.07. The maximum atomic E-state index is 11.7. The predicted octanol–water partition coefficient (Wildman–Crippen LogP) is 1.94. The molecular weight excluding hydrogens is 334 g/mol. The molecule has 0 radical (unpaired) electrons. The summed E-state index contributed by atoms with van der Waals surface area (Å²) in [5.41, 5.74) is 0. The molecule has 1 aromatic heterocycles. The third kappa shape index (κ3) is 5.92. The third-order valence-corrected chi connectivity index (χ3v) is 5.62. The zero-order valence-corrected chi connectivity index (χ0v) is 15.8. The fourth-order valence-corrected chi connectivity index (χ4v) is 3.85. The van der Waals surface area contributed by atoms with Gasteiger partial charge in [0.1, 0.15) is 0 Å². The summed E-state index contributed by atoms with van der Waals surface area (Å²) in [6.45, 7) is 2.93. The highest BCUT2D eigenvalue weighted by Gasteiger charge is 2.23. The molecule has 2 heterocycles. The number of anilines is 1. The van der Waals surface area contributed by atoms with Crippen LogP contribution in [-0.2, 0) is 4.79 Å². The van der Waals surface area contributed by atoms with E-state index in [4.69, 9.17) is 0 Å². The molecule has 6 nitrogen and oxygen atoms in total. The van der Waals surface area contributed by atoms with Gasteiger partial charge in [0.2, 0.25) is 5.91 Å². The molecule has 3 rings (SSSR count). The van der Waals surface area contributed by atoms with Crippen LogP contribution in [0.15, 0.2) is 22.5 Å². The molecule has 0 spiro atoms. The number of aliphatic imine (C=N–C) groups is 1. The van der Waals surface area contributed by atoms with Crippen LogP contribution in [0, 0.1) is 0 Å². The molecule has 1 aromatic rings. The van der Waals surface area contributed by atoms with Crippen molar-refractivity contribution in [2.75, 3.05) is 31.6 Å². The van der Waals surface area contributed by atoms with Gasteiger partial charge in [-0.1, -0.05) is 0 Å². The Hall–Kier alpha value is -1.76. The average Bonchev–Trinajstić information content (AvgIpc) is 3.26. The Balaban J connectivity index is 1.30. The minimum absolute atomic E-state index is 0.174. The van der Waals surface area contributed by atoms with Crippen molar-refractivity contribution in [2.45, 2.75) is 50.6 Å². The molecule has 1 saturated heterocycles. The Labute approximate surface area is 154 Å². The minimum Gasteiger partial charge on any atom is -0.363 e. The van der Waals surface area contributed by atoms with Crippen LogP contribution in [0.1, 0.15) is 38.5 Å². The van der Waals surface area contributed by atoms with E-state index >= 15 is 0 Å². The van der Waals surface area contributed by atoms with Gasteiger partial charge >= 0.3 is 0 Å². The van der Waals surface area contributed by atoms with E-state index in [1.54, 1.807) is 7.05 Å². The molecule has 1 saturated carbocycles. The van der Waals surface area contributed by atoms with Gasteiger partial charge in [-0.25, -0.2) is 0 Å². The van der Waals surface area contributed by atoms with Crippen LogP contribution in [0.3, 0.4) is 0 Å². The van der Waals surface area contributed by atoms with Gasteiger partial charge in [0.25, 0.3) is 0 Å². The first kappa shape index (κ1) is 18.0. The van der Waals surface area contributed by atoms with Crippen LogP contribution in [0.4, 0.5) is 5.00 Å². The lowest BCUT2D eigenvalue weighted by Gasteiger charge is -2.33. The van der Waals surface area contributed by atoms with Crippen LogP contribution in [-0.4, -0.2) is 50.6 Å². The number of hydrogen-bond donors (Lipinski definition) is 3. The van der Waals surface area contributed by atoms with E-state index < -0.39 is 0 Å². The smallest absolute Gasteiger partial charge is 0.220 e. The largest absolute Gasteiger partial charge is 0.363 e. The Bertz CT molecular complexity index is 562. The summed E-state index contributed by atoms with van der Waals surface area (Å²) in [4.78, 5) is 18.4. The van der Waals surface area contributed by atoms with Crippen molar-refractivity contribution in [1.29, 1.82) is 0 Å². The van der Waals surface area contributed by atoms with Crippen molar-refractivity contribution in [3.05, 3.63) is 17.5 Å². The molecule has 0 atom stereocenters. The first-order valence-corrected chi connectivity index (χ1v) is 10.2. The van der Waals surface area contributed by atoms with Gasteiger partial charge in [0, 0.05) is 45.2 Å². The van der Waals surface area contributed by atoms with Crippen LogP contribution in [0.25, 0.3) is 0 Å². The molecule has 7 heteroatoms. The molecule has 0 aromatic carbocycles. The molecule has 0 bridgehead atoms. The van der Waals surface area contributed by atoms with Crippen LogP contribution in [0.5, 0.6) is 0 Å². The summed E-state index contributed by atoms with van der Waals surface area (Å²) in [7, 11) is 1.80. The summed E-state index contributed by atoms with van der Waals surface area (Å²) in [6.07, 6.45) is 5.93. The van der Waals surface area contributed by atoms with Crippen molar-refractivity contribution in [3.8, 4) is 0 Å². The molecule has 1 aliphatic heterocycles. The average molecular weight is 364 g/mol. The van der Waals surface area contributed by atoms with Crippen LogP contribution < -0.4 is 20.9 Å². The molecule has 138 valence electrons. The van der Waals surface area contributed by atoms with E-state index in [0.29, 0.717) is 18.5 Å². The van der Waals surface area contributed by atoms with Gasteiger partial charge in [-0.15, -0.1) is 11.3 Å². The Kier molecular flexibility index (Phi) is 6.55. The Morgan fingerprint density at radius 3 is 2.64 bits per heavy atom. The Morgan fingerprint density at radius 2 is 2.00 bits per heavy atom. The van der Waals surface area contributed by atoms with E-state index in [0.717, 1.165) is 57.7 Å². The molecule has 2 fully saturated rings. The highest BCUT2D eigenvalue weighted by atomic mass is 32.1. The quantitative estimate of drug-likeness (QED) is 0.393. The molecule has 0 unspecified atom stereocenters. The number of thiophene rings is 1. The molecule has 25 heavy (non-hydrogen) atoms. The van der Waals surface area contributed by atoms with Crippen molar-refractivity contribution in [2.24, 2.45) is 4.99 Å². The highest BCUT2D eigenvalue weighted by Crippen LogP contribution is 2.24. The summed E-state index contributed by atoms with van der Waals surface area (Å²) < 4.78 is 0. The zero-order chi connectivity index (χ0) is 17.5. The van der Waals surface area contributed by atoms with Crippen molar-refractivity contribution in [3.63, 3.8) is 0 Å². The fraction of sp³-hybridized carbons (Fsp3) is 0.667. The summed E-state index contributed by atoms with van der Waals surface area (Å²) in [6, 6.07) is 5.22. The van der Waals surface area contributed by atoms with Gasteiger partial charge in [-0.2, -0.15) is 0 Å². The molecule has 1 amide bonds. The van der Waals surface area contributed by atoms with Crippen LogP contribution in [0.2, 0.25) is 0 Å². The lowest BCUT2D eigenvalue weighted by molar-refractivity contribution is -0.121. The van der Waals surface area contributed by atoms with E-state index in [2.05, 4.69) is 43.4 Å². The minimum atomic E-state index is 0.174. The number of piperidine rings is 1. The summed E-state index contributed by atoms with van der Waals surface area (Å²) >= 11 is 1.81. The normalized spacial score (nSPS) is 18.9. The lowest BCUT2D eigenvalue weighted by atomic mass is 10.1. The van der Waals surface area contributed by atoms with E-state index in [1.165, 1.54) is 5.00 Å². The number of guanidine groups is 1. The molecule has 1 aliphatic carbocycles. The lowest BCUT2D eigenvalue weighted by Crippen LogP contribution is -2.48. The zero-order valence-electron chi connectivity index (χ0n) is 15.0. The summed E-state index contributed by atoms with van der Waals surface area (Å²) in [5, 5.41) is 13.4. The third-order valence-electron chi connectivity index (χ3n) is 4.69. The maximum Gasteiger partial charge on any atom is 0.220 e. The SMILES string of the molecule is CN=C(NCCCC(=O)NC1CC1)NC1CCN(c2cccs2)CC1. The number of nitrogens with zero attached hydrogens (tertiary/aromatic N) is 2. The van der Waals surface area contributed by atoms with Gasteiger partial charge in [-0.05, 0) is 49.6 Å². The van der Waals surface area contributed by atoms with Crippen molar-refractivity contribution >= 4 is 28.2 Å². The van der Waals surface area contributed by atoms with Gasteiger partial charge in [0.15, 0.2) is 5.96 Å². The van der Waals surface area contributed by atoms with Crippen molar-refractivity contribution < 1.29 is 4.79 Å². The number of nitrogens with one attached hydrogen (secondary N) is 3. The Morgan fingerprint density at radius 1 is 1.24 bits per heavy atom. The standard InChI is InChI=1S/C18H29N5OS/c1-19-18(20-10-2-4-16(24)21-14-6-7-14)22-15-8-11-23(12-9-15)17-5-3-13-25-17/h3,5,13-15H,2,4,6-12H2,1H3,(H,21,24)(H2,19,20,22). The van der Waals surface area contributed by atoms with Gasteiger partial charge in [0.05, 0.1) is 5.00 Å².